The maximum absolute atomic E-state index is 16.6. The van der Waals surface area contributed by atoms with Gasteiger partial charge in [0.15, 0.2) is 12.7 Å². The Morgan fingerprint density at radius 2 is 0.578 bits per heavy atom. The summed E-state index contributed by atoms with van der Waals surface area (Å²) in [6.45, 7) is 0. The third kappa shape index (κ3) is 8.59. The van der Waals surface area contributed by atoms with Crippen molar-refractivity contribution in [3.8, 4) is 0 Å². The van der Waals surface area contributed by atoms with E-state index in [1.54, 1.807) is 0 Å². The molecule has 0 saturated carbocycles. The topological polar surface area (TPSA) is 17.1 Å². The fraction of sp³-hybridized carbons (Fsp3) is 0.0270. The smallest absolute Gasteiger partial charge is 0.263 e. The van der Waals surface area contributed by atoms with Crippen LogP contribution in [0.1, 0.15) is 0 Å². The van der Waals surface area contributed by atoms with Gasteiger partial charge in [0.2, 0.25) is 7.14 Å². The molecule has 8 heteroatoms. The summed E-state index contributed by atoms with van der Waals surface area (Å²) in [7, 11) is -3.19. The summed E-state index contributed by atoms with van der Waals surface area (Å²) >= 11 is 7.79. The van der Waals surface area contributed by atoms with E-state index >= 15 is 4.57 Å². The quantitative estimate of drug-likeness (QED) is 0.110. The number of hydrogen-bond donors (Lipinski definition) is 0. The normalized spacial score (nSPS) is 11.7. The van der Waals surface area contributed by atoms with Gasteiger partial charge in [-0.1, -0.05) is 133 Å². The zero-order valence-electron chi connectivity index (χ0n) is 24.4. The molecule has 0 spiro atoms. The molecule has 6 aromatic rings. The Labute approximate surface area is 285 Å². The van der Waals surface area contributed by atoms with Gasteiger partial charge in [0.25, 0.3) is 5.14 Å². The van der Waals surface area contributed by atoms with Crippen LogP contribution in [0.2, 0.25) is 0 Å². The van der Waals surface area contributed by atoms with Crippen LogP contribution in [0.25, 0.3) is 0 Å². The van der Waals surface area contributed by atoms with E-state index in [1.165, 1.54) is 19.6 Å². The second kappa shape index (κ2) is 16.6. The van der Waals surface area contributed by atoms with E-state index in [0.29, 0.717) is 0 Å². The summed E-state index contributed by atoms with van der Waals surface area (Å²) < 4.78 is 16.6. The first-order valence-corrected chi connectivity index (χ1v) is 25.7. The zero-order chi connectivity index (χ0) is 30.7. The van der Waals surface area contributed by atoms with Crippen molar-refractivity contribution >= 4 is 75.9 Å². The molecule has 0 aliphatic carbocycles. The second-order valence-electron chi connectivity index (χ2n) is 10.0. The van der Waals surface area contributed by atoms with Gasteiger partial charge in [-0.3, -0.25) is 0 Å². The van der Waals surface area contributed by atoms with Gasteiger partial charge in [-0.05, 0) is 48.5 Å². The first kappa shape index (κ1) is 32.7. The van der Waals surface area contributed by atoms with Crippen molar-refractivity contribution in [2.24, 2.45) is 0 Å². The Morgan fingerprint density at radius 1 is 0.356 bits per heavy atom. The van der Waals surface area contributed by atoms with Crippen molar-refractivity contribution in [1.82, 2.24) is 0 Å². The summed E-state index contributed by atoms with van der Waals surface area (Å²) in [6.07, 6.45) is -3.00. The maximum Gasteiger partial charge on any atom is 0.263 e. The molecule has 1 nitrogen and oxygen atoms in total. The van der Waals surface area contributed by atoms with Gasteiger partial charge < -0.3 is 4.57 Å². The van der Waals surface area contributed by atoms with Gasteiger partial charge in [0, 0.05) is 30.2 Å². The SMILES string of the molecule is O=P(c1ccccc1)(c1ccccc1)C([PH+](Sc1ccccc1)Sc1ccccc1)[PH+](Sc1ccccc1)Sc1ccccc1. The third-order valence-electron chi connectivity index (χ3n) is 6.94. The molecule has 0 amide bonds. The molecular formula is C37H33OP3S4+2. The van der Waals surface area contributed by atoms with E-state index in [1.807, 2.05) is 81.9 Å². The minimum atomic E-state index is -3.19. The average Bonchev–Trinajstić information content (AvgIpc) is 3.11. The molecule has 224 valence electrons. The monoisotopic (exact) mass is 714 g/mol. The second-order valence-corrected chi connectivity index (χ2v) is 28.9. The van der Waals surface area contributed by atoms with E-state index in [9.17, 15) is 0 Å². The van der Waals surface area contributed by atoms with Crippen LogP contribution in [0.4, 0.5) is 0 Å². The van der Waals surface area contributed by atoms with Crippen LogP contribution in [0.3, 0.4) is 0 Å². The lowest BCUT2D eigenvalue weighted by Crippen LogP contribution is -2.22. The summed E-state index contributed by atoms with van der Waals surface area (Å²) in [4.78, 5) is 4.90. The van der Waals surface area contributed by atoms with E-state index in [0.717, 1.165) is 10.6 Å². The zero-order valence-corrected chi connectivity index (χ0v) is 30.5. The highest BCUT2D eigenvalue weighted by Gasteiger charge is 2.58. The van der Waals surface area contributed by atoms with Gasteiger partial charge in [0.05, 0.1) is 45.5 Å². The summed E-state index contributed by atoms with van der Waals surface area (Å²) in [5.41, 5.74) is 0. The highest BCUT2D eigenvalue weighted by Crippen LogP contribution is 2.90. The molecular weight excluding hydrogens is 682 g/mol. The molecule has 0 saturated heterocycles. The molecule has 0 radical (unpaired) electrons. The minimum Gasteiger partial charge on any atom is -0.305 e. The molecule has 6 aromatic carbocycles. The van der Waals surface area contributed by atoms with E-state index in [-0.39, 0.29) is 5.14 Å². The Bertz CT molecular complexity index is 1570. The van der Waals surface area contributed by atoms with Crippen LogP contribution in [0.5, 0.6) is 0 Å². The van der Waals surface area contributed by atoms with Crippen LogP contribution >= 0.6 is 65.3 Å². The lowest BCUT2D eigenvalue weighted by atomic mass is 10.4. The predicted molar refractivity (Wildman–Crippen MR) is 209 cm³/mol. The highest BCUT2D eigenvalue weighted by molar-refractivity contribution is 8.96. The molecule has 6 rings (SSSR count). The summed E-state index contributed by atoms with van der Waals surface area (Å²) in [5.74, 6) is 0. The largest absolute Gasteiger partial charge is 0.305 e. The van der Waals surface area contributed by atoms with Crippen LogP contribution in [0.15, 0.2) is 202 Å². The first-order valence-electron chi connectivity index (χ1n) is 14.6. The summed E-state index contributed by atoms with van der Waals surface area (Å²) in [5, 5.41) is 1.81. The van der Waals surface area contributed by atoms with Crippen molar-refractivity contribution in [1.29, 1.82) is 0 Å². The van der Waals surface area contributed by atoms with Crippen molar-refractivity contribution in [3.05, 3.63) is 182 Å². The van der Waals surface area contributed by atoms with Crippen molar-refractivity contribution in [2.75, 3.05) is 0 Å². The molecule has 0 N–H and O–H groups in total. The van der Waals surface area contributed by atoms with Crippen LogP contribution in [-0.2, 0) is 4.57 Å². The molecule has 0 aromatic heterocycles. The predicted octanol–water partition coefficient (Wildman–Crippen LogP) is 12.5. The minimum absolute atomic E-state index is 0.0666. The Morgan fingerprint density at radius 3 is 0.822 bits per heavy atom. The molecule has 0 aliphatic heterocycles. The van der Waals surface area contributed by atoms with E-state index in [4.69, 9.17) is 0 Å². The van der Waals surface area contributed by atoms with Crippen molar-refractivity contribution in [3.63, 3.8) is 0 Å². The van der Waals surface area contributed by atoms with E-state index < -0.39 is 19.8 Å². The number of benzene rings is 6. The molecule has 45 heavy (non-hydrogen) atoms. The molecule has 0 atom stereocenters. The number of hydrogen-bond acceptors (Lipinski definition) is 5. The standard InChI is InChI=1S/C37H31OP3S4/c38-41(31-19-7-1-8-20-31,32-21-9-2-10-22-32)37(39(42-33-23-11-3-12-24-33)43-34-25-13-4-14-26-34)40(44-35-27-15-5-16-28-35)45-36-29-17-6-18-30-36/h1-30,37H/p+2. The molecule has 0 fully saturated rings. The number of rotatable bonds is 13. The van der Waals surface area contributed by atoms with Crippen LogP contribution in [-0.4, -0.2) is 5.14 Å². The maximum atomic E-state index is 16.6. The van der Waals surface area contributed by atoms with Crippen LogP contribution in [0, 0.1) is 0 Å². The molecule has 0 aliphatic rings. The lowest BCUT2D eigenvalue weighted by molar-refractivity contribution is 0.589. The third-order valence-corrected chi connectivity index (χ3v) is 34.7. The van der Waals surface area contributed by atoms with Gasteiger partial charge in [-0.2, -0.15) is 0 Å². The fourth-order valence-electron chi connectivity index (χ4n) is 4.82. The van der Waals surface area contributed by atoms with E-state index in [2.05, 4.69) is 146 Å². The van der Waals surface area contributed by atoms with Crippen LogP contribution < -0.4 is 10.6 Å². The van der Waals surface area contributed by atoms with Gasteiger partial charge in [-0.25, -0.2) is 0 Å². The average molecular weight is 715 g/mol. The lowest BCUT2D eigenvalue weighted by Gasteiger charge is -2.28. The van der Waals surface area contributed by atoms with Crippen molar-refractivity contribution < 1.29 is 4.57 Å². The molecule has 0 heterocycles. The highest BCUT2D eigenvalue weighted by atomic mass is 33.1. The van der Waals surface area contributed by atoms with Gasteiger partial charge >= 0.3 is 0 Å². The Balaban J connectivity index is 1.59. The van der Waals surface area contributed by atoms with Gasteiger partial charge in [0.1, 0.15) is 0 Å². The molecule has 0 unspecified atom stereocenters. The van der Waals surface area contributed by atoms with Gasteiger partial charge in [-0.15, -0.1) is 0 Å². The Kier molecular flexibility index (Phi) is 12.1. The Hall–Kier alpha value is -2.19. The fourth-order valence-corrected chi connectivity index (χ4v) is 41.0. The van der Waals surface area contributed by atoms with Crippen molar-refractivity contribution in [2.45, 2.75) is 24.7 Å². The summed E-state index contributed by atoms with van der Waals surface area (Å²) in [6, 6.07) is 63.4. The molecule has 0 bridgehead atoms. The first-order chi connectivity index (χ1) is 22.2.